The second-order valence-corrected chi connectivity index (χ2v) is 10.1. The summed E-state index contributed by atoms with van der Waals surface area (Å²) in [6, 6.07) is 4.49. The molecule has 5 rings (SSSR count). The second-order valence-electron chi connectivity index (χ2n) is 10.1. The van der Waals surface area contributed by atoms with E-state index in [0.717, 1.165) is 65.0 Å². The van der Waals surface area contributed by atoms with E-state index in [1.54, 1.807) is 24.1 Å². The molecule has 4 N–H and O–H groups in total. The van der Waals surface area contributed by atoms with Gasteiger partial charge in [0.2, 0.25) is 11.9 Å². The number of aryl methyl sites for hydroxylation is 2. The number of methoxy groups -OCH3 is 1. The van der Waals surface area contributed by atoms with E-state index < -0.39 is 5.91 Å². The Labute approximate surface area is 227 Å². The number of benzene rings is 1. The summed E-state index contributed by atoms with van der Waals surface area (Å²) in [5.41, 5.74) is 11.4. The fraction of sp³-hybridized carbons (Fsp3) is 0.357. The van der Waals surface area contributed by atoms with E-state index in [1.807, 2.05) is 38.5 Å². The Balaban J connectivity index is 1.55. The van der Waals surface area contributed by atoms with Crippen molar-refractivity contribution in [2.75, 3.05) is 44.5 Å². The van der Waals surface area contributed by atoms with Crippen molar-refractivity contribution in [2.45, 2.75) is 25.8 Å². The minimum Gasteiger partial charge on any atom is -0.494 e. The van der Waals surface area contributed by atoms with Crippen molar-refractivity contribution < 1.29 is 9.53 Å². The normalized spacial score (nSPS) is 14.6. The highest BCUT2D eigenvalue weighted by atomic mass is 16.5. The first-order chi connectivity index (χ1) is 18.7. The van der Waals surface area contributed by atoms with Crippen molar-refractivity contribution in [3.8, 4) is 17.0 Å². The standard InChI is InChI=1S/C28H35N9O2/c1-17-14-30-27-25(17)26(19-15-31-36(4)16-19)33-28(34-27)32-21-12-18(6-7-24(29)38)22(13-23(21)39-5)37-10-8-20(9-11-37)35(2)3/h6-7,12-16,20H,8-11H2,1-5H3,(H2,29,38)(H2,30,32,33,34). The van der Waals surface area contributed by atoms with Crippen LogP contribution in [-0.2, 0) is 11.8 Å². The zero-order valence-corrected chi connectivity index (χ0v) is 23.0. The molecule has 0 atom stereocenters. The van der Waals surface area contributed by atoms with Gasteiger partial charge in [0.1, 0.15) is 11.4 Å². The van der Waals surface area contributed by atoms with Crippen LogP contribution in [0.4, 0.5) is 17.3 Å². The number of nitrogens with two attached hydrogens (primary N) is 1. The van der Waals surface area contributed by atoms with Gasteiger partial charge in [-0.05, 0) is 51.6 Å². The summed E-state index contributed by atoms with van der Waals surface area (Å²) in [5, 5.41) is 8.62. The van der Waals surface area contributed by atoms with Crippen molar-refractivity contribution in [3.05, 3.63) is 47.9 Å². The van der Waals surface area contributed by atoms with Gasteiger partial charge < -0.3 is 30.6 Å². The zero-order valence-electron chi connectivity index (χ0n) is 23.0. The molecule has 3 aromatic heterocycles. The third-order valence-corrected chi connectivity index (χ3v) is 7.26. The minimum atomic E-state index is -0.505. The maximum absolute atomic E-state index is 11.6. The van der Waals surface area contributed by atoms with Gasteiger partial charge in [-0.3, -0.25) is 9.48 Å². The number of piperidine rings is 1. The summed E-state index contributed by atoms with van der Waals surface area (Å²) < 4.78 is 7.56. The maximum Gasteiger partial charge on any atom is 0.241 e. The predicted molar refractivity (Wildman–Crippen MR) is 154 cm³/mol. The summed E-state index contributed by atoms with van der Waals surface area (Å²) in [6.45, 7) is 3.82. The van der Waals surface area contributed by atoms with E-state index in [-0.39, 0.29) is 0 Å². The van der Waals surface area contributed by atoms with Crippen LogP contribution < -0.4 is 20.7 Å². The Hall–Kier alpha value is -4.38. The van der Waals surface area contributed by atoms with Crippen LogP contribution in [0.5, 0.6) is 5.75 Å². The molecule has 1 saturated heterocycles. The number of nitrogens with zero attached hydrogens (tertiary/aromatic N) is 6. The van der Waals surface area contributed by atoms with Crippen LogP contribution >= 0.6 is 0 Å². The third kappa shape index (κ3) is 5.44. The van der Waals surface area contributed by atoms with Crippen molar-refractivity contribution in [1.29, 1.82) is 0 Å². The van der Waals surface area contributed by atoms with E-state index in [1.165, 1.54) is 6.08 Å². The van der Waals surface area contributed by atoms with Crippen molar-refractivity contribution in [1.82, 2.24) is 29.6 Å². The molecule has 1 amide bonds. The Morgan fingerprint density at radius 1 is 1.26 bits per heavy atom. The number of carbonyl (C=O) groups excluding carboxylic acids is 1. The van der Waals surface area contributed by atoms with Gasteiger partial charge in [0.05, 0.1) is 24.7 Å². The number of rotatable bonds is 8. The number of primary amides is 1. The van der Waals surface area contributed by atoms with E-state index >= 15 is 0 Å². The maximum atomic E-state index is 11.6. The summed E-state index contributed by atoms with van der Waals surface area (Å²) in [7, 11) is 7.76. The molecule has 1 fully saturated rings. The number of aromatic amines is 1. The number of anilines is 3. The molecule has 1 aliphatic heterocycles. The van der Waals surface area contributed by atoms with Crippen LogP contribution in [0.2, 0.25) is 0 Å². The smallest absolute Gasteiger partial charge is 0.241 e. The van der Waals surface area contributed by atoms with Gasteiger partial charge in [-0.15, -0.1) is 0 Å². The molecule has 4 heterocycles. The average molecular weight is 530 g/mol. The summed E-state index contributed by atoms with van der Waals surface area (Å²) in [4.78, 5) is 29.1. The van der Waals surface area contributed by atoms with Crippen LogP contribution in [0.15, 0.2) is 36.8 Å². The topological polar surface area (TPSA) is 130 Å². The molecule has 39 heavy (non-hydrogen) atoms. The zero-order chi connectivity index (χ0) is 27.7. The minimum absolute atomic E-state index is 0.408. The third-order valence-electron chi connectivity index (χ3n) is 7.26. The molecule has 0 spiro atoms. The number of ether oxygens (including phenoxy) is 1. The highest BCUT2D eigenvalue weighted by Gasteiger charge is 2.24. The first kappa shape index (κ1) is 26.2. The molecule has 0 unspecified atom stereocenters. The fourth-order valence-electron chi connectivity index (χ4n) is 5.17. The number of amides is 1. The SMILES string of the molecule is COc1cc(N2CCC(N(C)C)CC2)c(C=CC(N)=O)cc1Nc1nc(-c2cnn(C)c2)c2c(C)c[nH]c2n1. The lowest BCUT2D eigenvalue weighted by molar-refractivity contribution is -0.113. The highest BCUT2D eigenvalue weighted by molar-refractivity contribution is 5.95. The van der Waals surface area contributed by atoms with E-state index in [9.17, 15) is 4.79 Å². The molecule has 1 aliphatic rings. The van der Waals surface area contributed by atoms with Crippen molar-refractivity contribution in [3.63, 3.8) is 0 Å². The lowest BCUT2D eigenvalue weighted by Crippen LogP contribution is -2.42. The summed E-state index contributed by atoms with van der Waals surface area (Å²) >= 11 is 0. The summed E-state index contributed by atoms with van der Waals surface area (Å²) in [5.74, 6) is 0.547. The number of fused-ring (bicyclic) bond motifs is 1. The Morgan fingerprint density at radius 3 is 2.67 bits per heavy atom. The average Bonchev–Trinajstić information content (AvgIpc) is 3.52. The second kappa shape index (κ2) is 10.8. The molecule has 204 valence electrons. The van der Waals surface area contributed by atoms with Gasteiger partial charge in [-0.25, -0.2) is 4.98 Å². The van der Waals surface area contributed by atoms with Crippen molar-refractivity contribution in [2.24, 2.45) is 12.8 Å². The molecule has 4 aromatic rings. The molecule has 0 radical (unpaired) electrons. The first-order valence-electron chi connectivity index (χ1n) is 13.0. The Morgan fingerprint density at radius 2 is 2.03 bits per heavy atom. The molecule has 11 nitrogen and oxygen atoms in total. The largest absolute Gasteiger partial charge is 0.494 e. The van der Waals surface area contributed by atoms with E-state index in [4.69, 9.17) is 20.4 Å². The van der Waals surface area contributed by atoms with Crippen LogP contribution in [0, 0.1) is 6.92 Å². The van der Waals surface area contributed by atoms with Crippen molar-refractivity contribution >= 4 is 40.3 Å². The predicted octanol–water partition coefficient (Wildman–Crippen LogP) is 3.45. The lowest BCUT2D eigenvalue weighted by atomic mass is 10.0. The number of carbonyl (C=O) groups is 1. The molecule has 11 heteroatoms. The molecule has 0 saturated carbocycles. The Kier molecular flexibility index (Phi) is 7.25. The van der Waals surface area contributed by atoms with E-state index in [2.05, 4.69) is 39.3 Å². The fourth-order valence-corrected chi connectivity index (χ4v) is 5.17. The molecule has 1 aromatic carbocycles. The van der Waals surface area contributed by atoms with Gasteiger partial charge >= 0.3 is 0 Å². The number of aromatic nitrogens is 5. The number of hydrogen-bond acceptors (Lipinski definition) is 8. The Bertz CT molecular complexity index is 1530. The van der Waals surface area contributed by atoms with Gasteiger partial charge in [0.25, 0.3) is 0 Å². The van der Waals surface area contributed by atoms with Gasteiger partial charge in [-0.1, -0.05) is 0 Å². The summed E-state index contributed by atoms with van der Waals surface area (Å²) in [6.07, 6.45) is 10.9. The molecular formula is C28H35N9O2. The van der Waals surface area contributed by atoms with Gasteiger partial charge in [0.15, 0.2) is 0 Å². The van der Waals surface area contributed by atoms with E-state index in [0.29, 0.717) is 23.4 Å². The molecule has 0 bridgehead atoms. The van der Waals surface area contributed by atoms with Gasteiger partial charge in [-0.2, -0.15) is 10.1 Å². The monoisotopic (exact) mass is 529 g/mol. The van der Waals surface area contributed by atoms with Crippen LogP contribution in [0.3, 0.4) is 0 Å². The first-order valence-corrected chi connectivity index (χ1v) is 13.0. The lowest BCUT2D eigenvalue weighted by Gasteiger charge is -2.37. The van der Waals surface area contributed by atoms with Crippen LogP contribution in [0.25, 0.3) is 28.4 Å². The van der Waals surface area contributed by atoms with Crippen LogP contribution in [-0.4, -0.2) is 75.9 Å². The number of H-pyrrole nitrogens is 1. The molecule has 0 aliphatic carbocycles. The molecular weight excluding hydrogens is 494 g/mol. The number of hydrogen-bond donors (Lipinski definition) is 3. The highest BCUT2D eigenvalue weighted by Crippen LogP contribution is 2.38. The van der Waals surface area contributed by atoms with Crippen LogP contribution in [0.1, 0.15) is 24.0 Å². The van der Waals surface area contributed by atoms with Gasteiger partial charge in [0, 0.05) is 72.9 Å². The quantitative estimate of drug-likeness (QED) is 0.296. The number of nitrogens with one attached hydrogen (secondary N) is 2.